The smallest absolute Gasteiger partial charge is 0.471 e. The zero-order valence-corrected chi connectivity index (χ0v) is 26.4. The number of halogens is 3. The van der Waals surface area contributed by atoms with Crippen molar-refractivity contribution in [3.63, 3.8) is 0 Å². The lowest BCUT2D eigenvalue weighted by Crippen LogP contribution is -2.58. The van der Waals surface area contributed by atoms with E-state index in [9.17, 15) is 47.6 Å². The minimum atomic E-state index is -5.29. The fraction of sp³-hybridized carbons (Fsp3) is 0.353. The van der Waals surface area contributed by atoms with Gasteiger partial charge < -0.3 is 29.1 Å². The van der Waals surface area contributed by atoms with Crippen molar-refractivity contribution in [1.82, 2.24) is 5.32 Å². The molecule has 3 aromatic carbocycles. The Hall–Kier alpha value is -5.35. The summed E-state index contributed by atoms with van der Waals surface area (Å²) >= 11 is 0. The van der Waals surface area contributed by atoms with E-state index in [2.05, 4.69) is 0 Å². The lowest BCUT2D eigenvalue weighted by molar-refractivity contribution is -0.384. The van der Waals surface area contributed by atoms with Crippen LogP contribution < -0.4 is 10.7 Å². The molecule has 6 atom stereocenters. The maximum atomic E-state index is 13.4. The van der Waals surface area contributed by atoms with Gasteiger partial charge in [0.15, 0.2) is 6.29 Å². The first-order valence-electron chi connectivity index (χ1n) is 15.5. The summed E-state index contributed by atoms with van der Waals surface area (Å²) < 4.78 is 63.9. The number of ketones is 1. The molecular formula is C34H29F3N2O11. The van der Waals surface area contributed by atoms with Gasteiger partial charge in [0.1, 0.15) is 28.8 Å². The quantitative estimate of drug-likeness (QED) is 0.112. The number of carbonyl (C=O) groups is 3. The van der Waals surface area contributed by atoms with Gasteiger partial charge in [0, 0.05) is 35.6 Å². The Labute approximate surface area is 280 Å². The third kappa shape index (κ3) is 6.63. The monoisotopic (exact) mass is 698 g/mol. The van der Waals surface area contributed by atoms with E-state index in [1.165, 1.54) is 19.9 Å². The fourth-order valence-electron chi connectivity index (χ4n) is 6.50. The highest BCUT2D eigenvalue weighted by Crippen LogP contribution is 2.46. The molecule has 1 fully saturated rings. The normalized spacial score (nSPS) is 23.6. The Morgan fingerprint density at radius 1 is 1.06 bits per heavy atom. The number of carbonyl (C=O) groups excluding carboxylic acids is 3. The Morgan fingerprint density at radius 3 is 2.42 bits per heavy atom. The minimum absolute atomic E-state index is 0.0333. The topological polar surface area (TPSA) is 185 Å². The van der Waals surface area contributed by atoms with Crippen molar-refractivity contribution >= 4 is 45.3 Å². The van der Waals surface area contributed by atoms with Crippen molar-refractivity contribution in [2.45, 2.75) is 69.9 Å². The molecule has 0 radical (unpaired) electrons. The molecular weight excluding hydrogens is 669 g/mol. The van der Waals surface area contributed by atoms with E-state index in [1.54, 1.807) is 24.3 Å². The number of aromatic hydroxyl groups is 1. The number of phenols is 1. The number of hydrogen-bond donors (Lipinski definition) is 2. The molecule has 1 saturated heterocycles. The molecule has 1 amide bonds. The van der Waals surface area contributed by atoms with Gasteiger partial charge in [-0.15, -0.1) is 0 Å². The van der Waals surface area contributed by atoms with E-state index >= 15 is 0 Å². The first-order chi connectivity index (χ1) is 23.6. The van der Waals surface area contributed by atoms with Gasteiger partial charge in [-0.25, -0.2) is 4.79 Å². The molecule has 2 aliphatic rings. The fourth-order valence-corrected chi connectivity index (χ4v) is 6.50. The van der Waals surface area contributed by atoms with E-state index in [-0.39, 0.29) is 63.1 Å². The second kappa shape index (κ2) is 13.2. The summed E-state index contributed by atoms with van der Waals surface area (Å²) in [6.45, 7) is 2.75. The molecule has 1 aliphatic heterocycles. The number of nitrogens with zero attached hydrogens (tertiary/aromatic N) is 1. The molecule has 0 bridgehead atoms. The third-order valence-corrected chi connectivity index (χ3v) is 8.95. The second-order valence-corrected chi connectivity index (χ2v) is 12.2. The van der Waals surface area contributed by atoms with Crippen molar-refractivity contribution in [3.05, 3.63) is 91.6 Å². The molecule has 1 aliphatic carbocycles. The highest BCUT2D eigenvalue weighted by molar-refractivity contribution is 5.93. The van der Waals surface area contributed by atoms with Crippen LogP contribution in [-0.4, -0.2) is 58.4 Å². The van der Waals surface area contributed by atoms with Gasteiger partial charge in [0.05, 0.1) is 39.5 Å². The highest BCUT2D eigenvalue weighted by atomic mass is 19.4. The van der Waals surface area contributed by atoms with Crippen molar-refractivity contribution in [2.24, 2.45) is 5.92 Å². The second-order valence-electron chi connectivity index (χ2n) is 12.2. The number of para-hydroxylation sites is 1. The average Bonchev–Trinajstić information content (AvgIpc) is 3.06. The Morgan fingerprint density at radius 2 is 1.76 bits per heavy atom. The Balaban J connectivity index is 1.32. The number of benzene rings is 3. The number of nitro benzene ring substituents is 1. The summed E-state index contributed by atoms with van der Waals surface area (Å²) in [5.74, 6) is -4.57. The van der Waals surface area contributed by atoms with Gasteiger partial charge in [-0.05, 0) is 57.0 Å². The Kier molecular flexibility index (Phi) is 9.09. The lowest BCUT2D eigenvalue weighted by Gasteiger charge is -2.42. The van der Waals surface area contributed by atoms with Gasteiger partial charge in [0.2, 0.25) is 5.43 Å². The van der Waals surface area contributed by atoms with E-state index < -0.39 is 71.4 Å². The summed E-state index contributed by atoms with van der Waals surface area (Å²) in [5, 5.41) is 24.4. The number of esters is 1. The van der Waals surface area contributed by atoms with Crippen LogP contribution in [0.25, 0.3) is 21.9 Å². The number of amides is 1. The number of Topliss-reactive ketones (excluding diaryl/α,β-unsaturated/α-hetero) is 1. The van der Waals surface area contributed by atoms with E-state index in [0.29, 0.717) is 5.56 Å². The third-order valence-electron chi connectivity index (χ3n) is 8.95. The number of fused-ring (bicyclic) bond motifs is 4. The number of alkyl halides is 3. The lowest BCUT2D eigenvalue weighted by atomic mass is 9.79. The van der Waals surface area contributed by atoms with Crippen molar-refractivity contribution in [1.29, 1.82) is 0 Å². The first kappa shape index (κ1) is 34.5. The predicted molar refractivity (Wildman–Crippen MR) is 167 cm³/mol. The summed E-state index contributed by atoms with van der Waals surface area (Å²) in [5.41, 5.74) is 0.127. The average molecular weight is 699 g/mol. The molecule has 16 heteroatoms. The molecule has 2 unspecified atom stereocenters. The number of nitro groups is 1. The number of hydrogen-bond acceptors (Lipinski definition) is 11. The van der Waals surface area contributed by atoms with Crippen LogP contribution in [-0.2, 0) is 30.2 Å². The summed E-state index contributed by atoms with van der Waals surface area (Å²) in [6.07, 6.45) is -10.7. The van der Waals surface area contributed by atoms with Crippen LogP contribution in [0.1, 0.15) is 54.3 Å². The minimum Gasteiger partial charge on any atom is -0.508 e. The van der Waals surface area contributed by atoms with E-state index in [0.717, 1.165) is 24.3 Å². The van der Waals surface area contributed by atoms with Crippen LogP contribution in [0.5, 0.6) is 5.75 Å². The van der Waals surface area contributed by atoms with Gasteiger partial charge in [-0.1, -0.05) is 12.1 Å². The zero-order chi connectivity index (χ0) is 36.1. The van der Waals surface area contributed by atoms with E-state index in [1.807, 2.05) is 5.32 Å². The molecule has 4 aromatic rings. The number of phenolic OH excluding ortho intramolecular Hbond substituents is 1. The van der Waals surface area contributed by atoms with Crippen molar-refractivity contribution in [2.75, 3.05) is 0 Å². The highest BCUT2D eigenvalue weighted by Gasteiger charge is 2.47. The molecule has 0 saturated carbocycles. The first-order valence-corrected chi connectivity index (χ1v) is 15.5. The molecule has 262 valence electrons. The SMILES string of the molecule is CC(=O)[C@@H]1Cc2c(c(O)cc3c(=O)c4ccccc4oc23)[C@@H](OC2C[C@@H](NC(=O)C(F)(F)F)[C@@H](OC(=O)c3ccc([N+](=O)[O-])cc3)C(C)O2)C1. The Bertz CT molecular complexity index is 2080. The standard InChI is InChI=1S/C34H29F3N2O11/c1-15(40)18-11-21-28(24(41)13-22-29(42)20-5-3-4-6-25(20)49-31(21)22)26(12-18)48-27-14-23(38-33(44)34(35,36)37)30(16(2)47-27)50-32(43)17-7-9-19(10-8-17)39(45)46/h3-10,13,16,18,23,26-27,30,41H,11-12,14H2,1-2H3,(H,38,44)/t16?,18-,23-,26+,27?,30+/m1/s1. The molecule has 1 aromatic heterocycles. The van der Waals surface area contributed by atoms with Gasteiger partial charge >= 0.3 is 18.1 Å². The van der Waals surface area contributed by atoms with Crippen LogP contribution >= 0.6 is 0 Å². The zero-order valence-electron chi connectivity index (χ0n) is 26.4. The molecule has 13 nitrogen and oxygen atoms in total. The van der Waals surface area contributed by atoms with Gasteiger partial charge in [-0.2, -0.15) is 13.2 Å². The van der Waals surface area contributed by atoms with Crippen molar-refractivity contribution < 1.29 is 56.2 Å². The van der Waals surface area contributed by atoms with Crippen LogP contribution in [0, 0.1) is 16.0 Å². The largest absolute Gasteiger partial charge is 0.508 e. The number of ether oxygens (including phenoxy) is 3. The van der Waals surface area contributed by atoms with Crippen LogP contribution in [0.4, 0.5) is 18.9 Å². The molecule has 2 heterocycles. The van der Waals surface area contributed by atoms with E-state index in [4.69, 9.17) is 18.6 Å². The summed E-state index contributed by atoms with van der Waals surface area (Å²) in [4.78, 5) is 61.4. The molecule has 50 heavy (non-hydrogen) atoms. The molecule has 2 N–H and O–H groups in total. The molecule has 0 spiro atoms. The van der Waals surface area contributed by atoms with Crippen molar-refractivity contribution in [3.8, 4) is 5.75 Å². The maximum Gasteiger partial charge on any atom is 0.471 e. The van der Waals surface area contributed by atoms with Crippen LogP contribution in [0.3, 0.4) is 0 Å². The maximum absolute atomic E-state index is 13.4. The summed E-state index contributed by atoms with van der Waals surface area (Å²) in [7, 11) is 0. The van der Waals surface area contributed by atoms with Gasteiger partial charge in [0.25, 0.3) is 5.69 Å². The van der Waals surface area contributed by atoms with Crippen LogP contribution in [0.2, 0.25) is 0 Å². The number of nitrogens with one attached hydrogen (secondary N) is 1. The predicted octanol–water partition coefficient (Wildman–Crippen LogP) is 5.18. The number of non-ortho nitro benzene ring substituents is 1. The molecule has 6 rings (SSSR count). The number of rotatable bonds is 7. The van der Waals surface area contributed by atoms with Gasteiger partial charge in [-0.3, -0.25) is 24.5 Å². The van der Waals surface area contributed by atoms with Crippen LogP contribution in [0.15, 0.2) is 63.8 Å². The summed E-state index contributed by atoms with van der Waals surface area (Å²) in [6, 6.07) is 10.6.